The molecule has 3 N–H and O–H groups in total. The zero-order valence-corrected chi connectivity index (χ0v) is 22.6. The molecule has 206 valence electrons. The monoisotopic (exact) mass is 600 g/mol. The number of halogens is 5. The minimum Gasteiger partial charge on any atom is -0.350 e. The highest BCUT2D eigenvalue weighted by atomic mass is 35.5. The lowest BCUT2D eigenvalue weighted by atomic mass is 9.84. The Morgan fingerprint density at radius 3 is 2.54 bits per heavy atom. The molecule has 1 fully saturated rings. The molecule has 1 aliphatic carbocycles. The van der Waals surface area contributed by atoms with E-state index in [1.807, 2.05) is 0 Å². The zero-order chi connectivity index (χ0) is 28.5. The van der Waals surface area contributed by atoms with E-state index in [4.69, 9.17) is 28.6 Å². The van der Waals surface area contributed by atoms with Gasteiger partial charge in [-0.3, -0.25) is 19.2 Å². The van der Waals surface area contributed by atoms with Crippen LogP contribution in [0.15, 0.2) is 36.5 Å². The summed E-state index contributed by atoms with van der Waals surface area (Å²) in [5, 5.41) is 16.2. The number of nitrogens with zero attached hydrogens (tertiary/aromatic N) is 3. The highest BCUT2D eigenvalue weighted by molar-refractivity contribution is 7.99. The number of aromatic nitrogens is 3. The third-order valence-electron chi connectivity index (χ3n) is 6.33. The molecule has 2 heterocycles. The Bertz CT molecular complexity index is 1490. The number of nitrogens with one attached hydrogen (secondary N) is 3. The predicted molar refractivity (Wildman–Crippen MR) is 141 cm³/mol. The molecule has 1 saturated carbocycles. The second-order valence-electron chi connectivity index (χ2n) is 8.87. The first kappa shape index (κ1) is 28.7. The van der Waals surface area contributed by atoms with Gasteiger partial charge in [-0.2, -0.15) is 18.3 Å². The van der Waals surface area contributed by atoms with Crippen LogP contribution in [0, 0.1) is 12.3 Å². The largest absolute Gasteiger partial charge is 0.435 e. The van der Waals surface area contributed by atoms with E-state index < -0.39 is 44.9 Å². The van der Waals surface area contributed by atoms with Gasteiger partial charge in [0.05, 0.1) is 37.4 Å². The van der Waals surface area contributed by atoms with Gasteiger partial charge in [-0.1, -0.05) is 29.6 Å². The van der Waals surface area contributed by atoms with E-state index in [1.165, 1.54) is 30.5 Å². The molecule has 1 aromatic carbocycles. The first-order valence-corrected chi connectivity index (χ1v) is 13.4. The SMILES string of the molecule is Cc1cc(Cl)cc(C(=O)NCC2(S(=O)C=N)CCC2)c1NC(=O)c1cc(C(F)(F)F)nn1-c1ncccc1Cl. The van der Waals surface area contributed by atoms with Gasteiger partial charge in [0.25, 0.3) is 11.8 Å². The van der Waals surface area contributed by atoms with Gasteiger partial charge in [0.2, 0.25) is 0 Å². The van der Waals surface area contributed by atoms with Gasteiger partial charge in [0.15, 0.2) is 11.5 Å². The normalized spacial score (nSPS) is 15.2. The molecule has 4 rings (SSSR count). The van der Waals surface area contributed by atoms with Crippen molar-refractivity contribution in [2.45, 2.75) is 37.1 Å². The third kappa shape index (κ3) is 5.85. The summed E-state index contributed by atoms with van der Waals surface area (Å²) in [5.74, 6) is -1.86. The first-order chi connectivity index (χ1) is 18.4. The molecular weight excluding hydrogens is 580 g/mol. The maximum atomic E-state index is 13.5. The van der Waals surface area contributed by atoms with E-state index in [0.29, 0.717) is 29.2 Å². The van der Waals surface area contributed by atoms with Crippen LogP contribution in [0.1, 0.15) is 51.4 Å². The van der Waals surface area contributed by atoms with Gasteiger partial charge >= 0.3 is 6.18 Å². The Balaban J connectivity index is 1.68. The summed E-state index contributed by atoms with van der Waals surface area (Å²) >= 11 is 12.3. The Labute approximate surface area is 233 Å². The Morgan fingerprint density at radius 2 is 1.95 bits per heavy atom. The molecule has 0 spiro atoms. The van der Waals surface area contributed by atoms with Crippen molar-refractivity contribution in [3.05, 3.63) is 69.1 Å². The zero-order valence-electron chi connectivity index (χ0n) is 20.2. The van der Waals surface area contributed by atoms with Crippen molar-refractivity contribution < 1.29 is 27.0 Å². The molecule has 1 atom stereocenters. The van der Waals surface area contributed by atoms with Gasteiger partial charge in [-0.05, 0) is 49.6 Å². The number of hydrogen-bond acceptors (Lipinski definition) is 6. The minimum absolute atomic E-state index is 0.00571. The van der Waals surface area contributed by atoms with Gasteiger partial charge in [-0.25, -0.2) is 9.67 Å². The van der Waals surface area contributed by atoms with E-state index in [0.717, 1.165) is 12.0 Å². The summed E-state index contributed by atoms with van der Waals surface area (Å²) in [7, 11) is -1.58. The molecule has 0 radical (unpaired) electrons. The average molecular weight is 601 g/mol. The lowest BCUT2D eigenvalue weighted by molar-refractivity contribution is -0.141. The van der Waals surface area contributed by atoms with Crippen molar-refractivity contribution in [3.63, 3.8) is 0 Å². The standard InChI is InChI=1S/C24H21Cl2F3N6O3S/c1-13-8-14(25)9-15(21(36)32-11-23(5-3-6-23)39(38)12-30)19(13)33-22(37)17-10-18(24(27,28)29)34-35(17)20-16(26)4-2-7-31-20/h2,4,7-10,12,30H,3,5-6,11H2,1H3,(H,32,36)(H,33,37). The number of anilines is 1. The van der Waals surface area contributed by atoms with Crippen molar-refractivity contribution in [2.24, 2.45) is 0 Å². The van der Waals surface area contributed by atoms with Crippen molar-refractivity contribution in [1.82, 2.24) is 20.1 Å². The number of carbonyl (C=O) groups is 2. The second kappa shape index (κ2) is 11.1. The van der Waals surface area contributed by atoms with Crippen LogP contribution in [0.2, 0.25) is 10.0 Å². The van der Waals surface area contributed by atoms with Crippen LogP contribution in [0.5, 0.6) is 0 Å². The quantitative estimate of drug-likeness (QED) is 0.243. The summed E-state index contributed by atoms with van der Waals surface area (Å²) in [6.07, 6.45) is -1.65. The van der Waals surface area contributed by atoms with Crippen molar-refractivity contribution in [3.8, 4) is 5.82 Å². The molecule has 2 amide bonds. The minimum atomic E-state index is -4.86. The molecule has 0 bridgehead atoms. The molecule has 15 heteroatoms. The van der Waals surface area contributed by atoms with Crippen LogP contribution >= 0.6 is 23.2 Å². The van der Waals surface area contributed by atoms with E-state index in [-0.39, 0.29) is 33.7 Å². The fraction of sp³-hybridized carbons (Fsp3) is 0.292. The molecule has 1 aliphatic rings. The first-order valence-electron chi connectivity index (χ1n) is 11.5. The summed E-state index contributed by atoms with van der Waals surface area (Å²) in [5.41, 5.74) is -0.719. The fourth-order valence-corrected chi connectivity index (χ4v) is 5.75. The Morgan fingerprint density at radius 1 is 1.23 bits per heavy atom. The van der Waals surface area contributed by atoms with Gasteiger partial charge in [0.1, 0.15) is 5.69 Å². The van der Waals surface area contributed by atoms with Crippen LogP contribution in [0.3, 0.4) is 0 Å². The van der Waals surface area contributed by atoms with E-state index in [1.54, 1.807) is 6.92 Å². The van der Waals surface area contributed by atoms with Crippen molar-refractivity contribution in [2.75, 3.05) is 11.9 Å². The summed E-state index contributed by atoms with van der Waals surface area (Å²) < 4.78 is 52.7. The molecular formula is C24H21Cl2F3N6O3S. The van der Waals surface area contributed by atoms with Gasteiger partial charge in [-0.15, -0.1) is 0 Å². The topological polar surface area (TPSA) is 130 Å². The third-order valence-corrected chi connectivity index (χ3v) is 8.46. The lowest BCUT2D eigenvalue weighted by Gasteiger charge is -2.39. The fourth-order valence-electron chi connectivity index (χ4n) is 4.12. The van der Waals surface area contributed by atoms with Gasteiger partial charge < -0.3 is 10.6 Å². The molecule has 0 saturated heterocycles. The van der Waals surface area contributed by atoms with Crippen LogP contribution in [0.25, 0.3) is 5.82 Å². The lowest BCUT2D eigenvalue weighted by Crippen LogP contribution is -2.51. The smallest absolute Gasteiger partial charge is 0.350 e. The highest BCUT2D eigenvalue weighted by Gasteiger charge is 2.42. The number of aryl methyl sites for hydroxylation is 1. The van der Waals surface area contributed by atoms with Crippen LogP contribution in [0.4, 0.5) is 18.9 Å². The number of amides is 2. The van der Waals surface area contributed by atoms with E-state index in [2.05, 4.69) is 20.7 Å². The van der Waals surface area contributed by atoms with Gasteiger partial charge in [0, 0.05) is 23.8 Å². The molecule has 39 heavy (non-hydrogen) atoms. The number of alkyl halides is 3. The van der Waals surface area contributed by atoms with Crippen molar-refractivity contribution in [1.29, 1.82) is 5.41 Å². The van der Waals surface area contributed by atoms with E-state index in [9.17, 15) is 27.0 Å². The van der Waals surface area contributed by atoms with Crippen LogP contribution in [-0.2, 0) is 17.0 Å². The van der Waals surface area contributed by atoms with Crippen LogP contribution in [-0.4, -0.2) is 47.6 Å². The van der Waals surface area contributed by atoms with Crippen LogP contribution < -0.4 is 10.6 Å². The maximum absolute atomic E-state index is 13.5. The average Bonchev–Trinajstić information content (AvgIpc) is 3.31. The maximum Gasteiger partial charge on any atom is 0.435 e. The molecule has 9 nitrogen and oxygen atoms in total. The highest BCUT2D eigenvalue weighted by Crippen LogP contribution is 2.37. The number of rotatable bonds is 8. The predicted octanol–water partition coefficient (Wildman–Crippen LogP) is 5.16. The van der Waals surface area contributed by atoms with Crippen molar-refractivity contribution >= 4 is 57.0 Å². The Kier molecular flexibility index (Phi) is 8.14. The molecule has 2 aromatic heterocycles. The number of hydrogen-bond donors (Lipinski definition) is 3. The van der Waals surface area contributed by atoms with E-state index >= 15 is 0 Å². The second-order valence-corrected chi connectivity index (χ2v) is 11.4. The number of benzene rings is 1. The molecule has 0 aliphatic heterocycles. The molecule has 1 unspecified atom stereocenters. The number of carbonyl (C=O) groups excluding carboxylic acids is 2. The summed E-state index contributed by atoms with van der Waals surface area (Å²) in [6, 6.07) is 6.17. The summed E-state index contributed by atoms with van der Waals surface area (Å²) in [6.45, 7) is 1.58. The number of pyridine rings is 1. The Hall–Kier alpha value is -3.29. The molecule has 3 aromatic rings. The summed E-state index contributed by atoms with van der Waals surface area (Å²) in [4.78, 5) is 30.5.